The summed E-state index contributed by atoms with van der Waals surface area (Å²) in [4.78, 5) is 10.1. The number of carbonyl (C=O) groups is 1. The van der Waals surface area contributed by atoms with Crippen molar-refractivity contribution in [2.45, 2.75) is 18.9 Å². The summed E-state index contributed by atoms with van der Waals surface area (Å²) in [6, 6.07) is 0. The van der Waals surface area contributed by atoms with Crippen molar-refractivity contribution in [3.05, 3.63) is 12.2 Å². The second-order valence-corrected chi connectivity index (χ2v) is 3.30. The van der Waals surface area contributed by atoms with Gasteiger partial charge >= 0.3 is 5.97 Å². The zero-order valence-corrected chi connectivity index (χ0v) is 7.44. The van der Waals surface area contributed by atoms with Crippen LogP contribution in [-0.2, 0) is 4.79 Å². The lowest BCUT2D eigenvalue weighted by atomic mass is 10.2. The molecule has 1 aliphatic rings. The molecule has 0 aromatic rings. The van der Waals surface area contributed by atoms with Crippen LogP contribution in [-0.4, -0.2) is 35.4 Å². The average Bonchev–Trinajstić information content (AvgIpc) is 2.85. The molecule has 1 aliphatic carbocycles. The first-order chi connectivity index (χ1) is 6.20. The van der Waals surface area contributed by atoms with Crippen LogP contribution in [0.3, 0.4) is 0 Å². The average molecular weight is 185 g/mol. The van der Waals surface area contributed by atoms with Gasteiger partial charge in [0.1, 0.15) is 0 Å². The molecule has 0 aliphatic heterocycles. The van der Waals surface area contributed by atoms with E-state index in [4.69, 9.17) is 5.11 Å². The number of rotatable bonds is 6. The van der Waals surface area contributed by atoms with Gasteiger partial charge in [-0.2, -0.15) is 0 Å². The van der Waals surface area contributed by atoms with Gasteiger partial charge in [0, 0.05) is 19.2 Å². The SMILES string of the molecule is O=C(O)/C=C/CNCC(O)C1CC1. The van der Waals surface area contributed by atoms with Gasteiger partial charge in [0.05, 0.1) is 6.10 Å². The molecule has 1 fully saturated rings. The van der Waals surface area contributed by atoms with Gasteiger partial charge in [-0.15, -0.1) is 0 Å². The minimum atomic E-state index is -0.940. The van der Waals surface area contributed by atoms with Crippen LogP contribution >= 0.6 is 0 Å². The summed E-state index contributed by atoms with van der Waals surface area (Å²) in [5.41, 5.74) is 0. The first-order valence-electron chi connectivity index (χ1n) is 4.48. The molecule has 0 heterocycles. The molecule has 74 valence electrons. The van der Waals surface area contributed by atoms with Crippen LogP contribution in [0.4, 0.5) is 0 Å². The van der Waals surface area contributed by atoms with Crippen LogP contribution in [0.2, 0.25) is 0 Å². The number of aliphatic carboxylic acids is 1. The Hall–Kier alpha value is -0.870. The summed E-state index contributed by atoms with van der Waals surface area (Å²) in [5, 5.41) is 20.6. The van der Waals surface area contributed by atoms with Gasteiger partial charge in [-0.1, -0.05) is 6.08 Å². The molecule has 0 radical (unpaired) electrons. The van der Waals surface area contributed by atoms with Gasteiger partial charge in [-0.05, 0) is 18.8 Å². The molecular weight excluding hydrogens is 170 g/mol. The Kier molecular flexibility index (Phi) is 3.92. The third-order valence-corrected chi connectivity index (χ3v) is 2.04. The maximum absolute atomic E-state index is 10.1. The van der Waals surface area contributed by atoms with Crippen molar-refractivity contribution in [1.29, 1.82) is 0 Å². The third kappa shape index (κ3) is 4.65. The Morgan fingerprint density at radius 2 is 2.31 bits per heavy atom. The lowest BCUT2D eigenvalue weighted by Gasteiger charge is -2.08. The van der Waals surface area contributed by atoms with Crippen molar-refractivity contribution in [2.24, 2.45) is 5.92 Å². The fourth-order valence-electron chi connectivity index (χ4n) is 1.12. The highest BCUT2D eigenvalue weighted by atomic mass is 16.4. The second kappa shape index (κ2) is 4.99. The highest BCUT2D eigenvalue weighted by Gasteiger charge is 2.28. The molecule has 1 atom stereocenters. The highest BCUT2D eigenvalue weighted by molar-refractivity contribution is 5.79. The lowest BCUT2D eigenvalue weighted by molar-refractivity contribution is -0.131. The van der Waals surface area contributed by atoms with Gasteiger partial charge in [0.15, 0.2) is 0 Å². The molecule has 0 spiro atoms. The van der Waals surface area contributed by atoms with Crippen LogP contribution in [0.5, 0.6) is 0 Å². The summed E-state index contributed by atoms with van der Waals surface area (Å²) in [6.45, 7) is 1.05. The molecule has 1 saturated carbocycles. The van der Waals surface area contributed by atoms with E-state index in [1.807, 2.05) is 0 Å². The maximum atomic E-state index is 10.1. The van der Waals surface area contributed by atoms with E-state index in [2.05, 4.69) is 5.32 Å². The fraction of sp³-hybridized carbons (Fsp3) is 0.667. The largest absolute Gasteiger partial charge is 0.478 e. The van der Waals surface area contributed by atoms with Crippen LogP contribution in [0.1, 0.15) is 12.8 Å². The fourth-order valence-corrected chi connectivity index (χ4v) is 1.12. The molecule has 0 amide bonds. The zero-order valence-electron chi connectivity index (χ0n) is 7.44. The first kappa shape index (κ1) is 10.2. The van der Waals surface area contributed by atoms with Crippen LogP contribution in [0, 0.1) is 5.92 Å². The molecular formula is C9H15NO3. The van der Waals surface area contributed by atoms with Crippen LogP contribution in [0.25, 0.3) is 0 Å². The van der Waals surface area contributed by atoms with Gasteiger partial charge in [-0.25, -0.2) is 4.79 Å². The smallest absolute Gasteiger partial charge is 0.328 e. The van der Waals surface area contributed by atoms with Gasteiger partial charge in [0.2, 0.25) is 0 Å². The molecule has 13 heavy (non-hydrogen) atoms. The van der Waals surface area contributed by atoms with Crippen molar-refractivity contribution in [1.82, 2.24) is 5.32 Å². The van der Waals surface area contributed by atoms with E-state index in [0.717, 1.165) is 18.9 Å². The number of aliphatic hydroxyl groups is 1. The summed E-state index contributed by atoms with van der Waals surface area (Å²) in [7, 11) is 0. The van der Waals surface area contributed by atoms with Crippen LogP contribution in [0.15, 0.2) is 12.2 Å². The Labute approximate surface area is 77.3 Å². The molecule has 4 nitrogen and oxygen atoms in total. The topological polar surface area (TPSA) is 69.6 Å². The van der Waals surface area contributed by atoms with Crippen molar-refractivity contribution in [2.75, 3.05) is 13.1 Å². The molecule has 0 aromatic heterocycles. The molecule has 1 unspecified atom stereocenters. The monoisotopic (exact) mass is 185 g/mol. The number of aliphatic hydroxyl groups excluding tert-OH is 1. The maximum Gasteiger partial charge on any atom is 0.328 e. The minimum Gasteiger partial charge on any atom is -0.478 e. The number of hydrogen-bond donors (Lipinski definition) is 3. The number of nitrogens with one attached hydrogen (secondary N) is 1. The third-order valence-electron chi connectivity index (χ3n) is 2.04. The van der Waals surface area contributed by atoms with E-state index in [9.17, 15) is 9.90 Å². The van der Waals surface area contributed by atoms with Crippen molar-refractivity contribution in [3.63, 3.8) is 0 Å². The minimum absolute atomic E-state index is 0.266. The molecule has 0 bridgehead atoms. The zero-order chi connectivity index (χ0) is 9.68. The van der Waals surface area contributed by atoms with Gasteiger partial charge in [-0.3, -0.25) is 0 Å². The van der Waals surface area contributed by atoms with E-state index in [1.165, 1.54) is 6.08 Å². The molecule has 1 rings (SSSR count). The number of hydrogen-bond acceptors (Lipinski definition) is 3. The standard InChI is InChI=1S/C9H15NO3/c11-8(7-3-4-7)6-10-5-1-2-9(12)13/h1-2,7-8,10-11H,3-6H2,(H,12,13)/b2-1+. The number of carboxylic acid groups (broad SMARTS) is 1. The van der Waals surface area contributed by atoms with Crippen molar-refractivity contribution in [3.8, 4) is 0 Å². The summed E-state index contributed by atoms with van der Waals surface area (Å²) >= 11 is 0. The molecule has 4 heteroatoms. The van der Waals surface area contributed by atoms with Gasteiger partial charge < -0.3 is 15.5 Å². The summed E-state index contributed by atoms with van der Waals surface area (Å²) in [6.07, 6.45) is 4.60. The van der Waals surface area contributed by atoms with Crippen molar-refractivity contribution < 1.29 is 15.0 Å². The molecule has 0 aromatic carbocycles. The molecule has 3 N–H and O–H groups in total. The highest BCUT2D eigenvalue weighted by Crippen LogP contribution is 2.32. The predicted molar refractivity (Wildman–Crippen MR) is 48.4 cm³/mol. The lowest BCUT2D eigenvalue weighted by Crippen LogP contribution is -2.28. The van der Waals surface area contributed by atoms with E-state index >= 15 is 0 Å². The predicted octanol–water partition coefficient (Wildman–Crippen LogP) is -0.0123. The van der Waals surface area contributed by atoms with E-state index < -0.39 is 5.97 Å². The quantitative estimate of drug-likeness (QED) is 0.402. The van der Waals surface area contributed by atoms with Crippen LogP contribution < -0.4 is 5.32 Å². The Bertz CT molecular complexity index is 199. The Morgan fingerprint density at radius 1 is 1.62 bits per heavy atom. The summed E-state index contributed by atoms with van der Waals surface area (Å²) in [5.74, 6) is -0.472. The molecule has 0 saturated heterocycles. The van der Waals surface area contributed by atoms with Gasteiger partial charge in [0.25, 0.3) is 0 Å². The van der Waals surface area contributed by atoms with Crippen molar-refractivity contribution >= 4 is 5.97 Å². The van der Waals surface area contributed by atoms with E-state index in [-0.39, 0.29) is 6.10 Å². The van der Waals surface area contributed by atoms with E-state index in [1.54, 1.807) is 0 Å². The summed E-state index contributed by atoms with van der Waals surface area (Å²) < 4.78 is 0. The van der Waals surface area contributed by atoms with E-state index in [0.29, 0.717) is 19.0 Å². The normalized spacial score (nSPS) is 19.2. The second-order valence-electron chi connectivity index (χ2n) is 3.30. The Morgan fingerprint density at radius 3 is 2.85 bits per heavy atom. The Balaban J connectivity index is 1.96. The number of carboxylic acids is 1. The first-order valence-corrected chi connectivity index (χ1v) is 4.48.